The van der Waals surface area contributed by atoms with Crippen LogP contribution in [0.2, 0.25) is 5.02 Å². The molecule has 1 aromatic carbocycles. The summed E-state index contributed by atoms with van der Waals surface area (Å²) < 4.78 is 5.43. The fourth-order valence-corrected chi connectivity index (χ4v) is 2.97. The van der Waals surface area contributed by atoms with E-state index in [1.54, 1.807) is 0 Å². The van der Waals surface area contributed by atoms with Gasteiger partial charge in [0, 0.05) is 38.4 Å². The molecule has 0 bridgehead atoms. The van der Waals surface area contributed by atoms with Gasteiger partial charge in [-0.2, -0.15) is 0 Å². The van der Waals surface area contributed by atoms with Crippen LogP contribution < -0.4 is 5.32 Å². The molecule has 23 heavy (non-hydrogen) atoms. The first-order valence-corrected chi connectivity index (χ1v) is 8.89. The minimum Gasteiger partial charge on any atom is -0.381 e. The van der Waals surface area contributed by atoms with Gasteiger partial charge in [-0.15, -0.1) is 0 Å². The molecular formula is C18H28ClN3O. The Hall–Kier alpha value is -1.26. The lowest BCUT2D eigenvalue weighted by Crippen LogP contribution is -2.40. The first-order chi connectivity index (χ1) is 11.2. The summed E-state index contributed by atoms with van der Waals surface area (Å²) in [6.07, 6.45) is 3.55. The summed E-state index contributed by atoms with van der Waals surface area (Å²) >= 11 is 6.21. The number of hydrogen-bond acceptors (Lipinski definition) is 2. The second-order valence-corrected chi connectivity index (χ2v) is 6.43. The van der Waals surface area contributed by atoms with Crippen LogP contribution in [0.3, 0.4) is 0 Å². The maximum absolute atomic E-state index is 6.21. The van der Waals surface area contributed by atoms with Crippen LogP contribution in [0.4, 0.5) is 0 Å². The summed E-state index contributed by atoms with van der Waals surface area (Å²) in [5, 5.41) is 4.14. The van der Waals surface area contributed by atoms with E-state index in [1.165, 1.54) is 19.3 Å². The second kappa shape index (κ2) is 9.78. The number of halogens is 1. The van der Waals surface area contributed by atoms with Crippen molar-refractivity contribution in [1.82, 2.24) is 10.2 Å². The largest absolute Gasteiger partial charge is 0.381 e. The average Bonchev–Trinajstić information content (AvgIpc) is 2.58. The molecule has 0 atom stereocenters. The van der Waals surface area contributed by atoms with Crippen molar-refractivity contribution in [2.24, 2.45) is 10.9 Å². The first-order valence-electron chi connectivity index (χ1n) is 8.51. The Kier molecular flexibility index (Phi) is 7.69. The highest BCUT2D eigenvalue weighted by Gasteiger charge is 2.15. The van der Waals surface area contributed by atoms with Gasteiger partial charge in [-0.1, -0.05) is 29.8 Å². The van der Waals surface area contributed by atoms with Crippen LogP contribution in [0.25, 0.3) is 0 Å². The molecule has 0 amide bonds. The molecule has 1 aliphatic rings. The number of hydrogen-bond donors (Lipinski definition) is 1. The maximum atomic E-state index is 6.21. The molecule has 1 saturated heterocycles. The molecule has 1 aromatic rings. The van der Waals surface area contributed by atoms with Crippen molar-refractivity contribution in [3.8, 4) is 0 Å². The van der Waals surface area contributed by atoms with Gasteiger partial charge in [-0.05, 0) is 43.7 Å². The van der Waals surface area contributed by atoms with Crippen LogP contribution in [0.5, 0.6) is 0 Å². The number of guanidine groups is 1. The fraction of sp³-hybridized carbons (Fsp3) is 0.611. The van der Waals surface area contributed by atoms with Gasteiger partial charge in [-0.25, -0.2) is 4.99 Å². The van der Waals surface area contributed by atoms with E-state index in [2.05, 4.69) is 24.2 Å². The summed E-state index contributed by atoms with van der Waals surface area (Å²) in [6, 6.07) is 7.88. The fourth-order valence-electron chi connectivity index (χ4n) is 2.77. The zero-order chi connectivity index (χ0) is 16.5. The van der Waals surface area contributed by atoms with Gasteiger partial charge in [0.2, 0.25) is 0 Å². The van der Waals surface area contributed by atoms with Crippen molar-refractivity contribution in [3.63, 3.8) is 0 Å². The number of rotatable bonds is 6. The molecule has 5 heteroatoms. The van der Waals surface area contributed by atoms with Crippen LogP contribution in [-0.4, -0.2) is 44.2 Å². The van der Waals surface area contributed by atoms with Crippen molar-refractivity contribution in [3.05, 3.63) is 34.9 Å². The predicted molar refractivity (Wildman–Crippen MR) is 97.1 cm³/mol. The van der Waals surface area contributed by atoms with Crippen molar-refractivity contribution in [1.29, 1.82) is 0 Å². The van der Waals surface area contributed by atoms with Crippen molar-refractivity contribution >= 4 is 17.6 Å². The Balaban J connectivity index is 1.90. The van der Waals surface area contributed by atoms with E-state index < -0.39 is 0 Å². The Morgan fingerprint density at radius 1 is 1.35 bits per heavy atom. The van der Waals surface area contributed by atoms with Gasteiger partial charge < -0.3 is 15.0 Å². The van der Waals surface area contributed by atoms with Crippen LogP contribution in [-0.2, 0) is 11.3 Å². The van der Waals surface area contributed by atoms with E-state index in [-0.39, 0.29) is 0 Å². The standard InChI is InChI=1S/C18H28ClN3O/c1-3-20-18(21-14-16-6-4-5-7-17(16)19)22(2)11-8-15-9-12-23-13-10-15/h4-7,15H,3,8-14H2,1-2H3,(H,20,21). The molecule has 0 aromatic heterocycles. The molecular weight excluding hydrogens is 310 g/mol. The quantitative estimate of drug-likeness (QED) is 0.637. The third-order valence-electron chi connectivity index (χ3n) is 4.27. The average molecular weight is 338 g/mol. The van der Waals surface area contributed by atoms with Crippen LogP contribution in [0.15, 0.2) is 29.3 Å². The van der Waals surface area contributed by atoms with Gasteiger partial charge in [0.1, 0.15) is 0 Å². The molecule has 128 valence electrons. The number of nitrogens with one attached hydrogen (secondary N) is 1. The summed E-state index contributed by atoms with van der Waals surface area (Å²) in [5.41, 5.74) is 1.06. The number of nitrogens with zero attached hydrogens (tertiary/aromatic N) is 2. The van der Waals surface area contributed by atoms with E-state index in [0.717, 1.165) is 48.8 Å². The van der Waals surface area contributed by atoms with E-state index in [4.69, 9.17) is 21.3 Å². The molecule has 0 saturated carbocycles. The molecule has 0 aliphatic carbocycles. The highest BCUT2D eigenvalue weighted by molar-refractivity contribution is 6.31. The van der Waals surface area contributed by atoms with Crippen molar-refractivity contribution in [2.45, 2.75) is 32.7 Å². The molecule has 1 heterocycles. The molecule has 0 spiro atoms. The Morgan fingerprint density at radius 3 is 2.78 bits per heavy atom. The number of ether oxygens (including phenoxy) is 1. The lowest BCUT2D eigenvalue weighted by molar-refractivity contribution is 0.0625. The highest BCUT2D eigenvalue weighted by Crippen LogP contribution is 2.19. The minimum absolute atomic E-state index is 0.601. The van der Waals surface area contributed by atoms with E-state index in [0.29, 0.717) is 6.54 Å². The molecule has 1 N–H and O–H groups in total. The van der Waals surface area contributed by atoms with Crippen LogP contribution >= 0.6 is 11.6 Å². The summed E-state index contributed by atoms with van der Waals surface area (Å²) in [4.78, 5) is 6.95. The monoisotopic (exact) mass is 337 g/mol. The summed E-state index contributed by atoms with van der Waals surface area (Å²) in [6.45, 7) is 6.40. The van der Waals surface area contributed by atoms with Crippen molar-refractivity contribution < 1.29 is 4.74 Å². The Bertz CT molecular complexity index is 501. The summed E-state index contributed by atoms with van der Waals surface area (Å²) in [5.74, 6) is 1.72. The zero-order valence-electron chi connectivity index (χ0n) is 14.2. The molecule has 1 fully saturated rings. The predicted octanol–water partition coefficient (Wildman–Crippen LogP) is 3.55. The third kappa shape index (κ3) is 6.04. The second-order valence-electron chi connectivity index (χ2n) is 6.03. The van der Waals surface area contributed by atoms with Crippen molar-refractivity contribution in [2.75, 3.05) is 33.4 Å². The highest BCUT2D eigenvalue weighted by atomic mass is 35.5. The van der Waals surface area contributed by atoms with Gasteiger partial charge >= 0.3 is 0 Å². The van der Waals surface area contributed by atoms with Gasteiger partial charge in [0.25, 0.3) is 0 Å². The van der Waals surface area contributed by atoms with E-state index in [1.807, 2.05) is 24.3 Å². The molecule has 4 nitrogen and oxygen atoms in total. The van der Waals surface area contributed by atoms with Gasteiger partial charge in [0.05, 0.1) is 6.54 Å². The van der Waals surface area contributed by atoms with Crippen LogP contribution in [0.1, 0.15) is 31.7 Å². The normalized spacial score (nSPS) is 16.4. The number of aliphatic imine (C=N–C) groups is 1. The van der Waals surface area contributed by atoms with Gasteiger partial charge in [0.15, 0.2) is 5.96 Å². The van der Waals surface area contributed by atoms with Crippen LogP contribution in [0, 0.1) is 5.92 Å². The van der Waals surface area contributed by atoms with E-state index in [9.17, 15) is 0 Å². The molecule has 1 aliphatic heterocycles. The van der Waals surface area contributed by atoms with E-state index >= 15 is 0 Å². The molecule has 0 unspecified atom stereocenters. The molecule has 2 rings (SSSR count). The smallest absolute Gasteiger partial charge is 0.193 e. The Labute approximate surface area is 144 Å². The minimum atomic E-state index is 0.601. The first kappa shape index (κ1) is 18.1. The third-order valence-corrected chi connectivity index (χ3v) is 4.64. The number of benzene rings is 1. The topological polar surface area (TPSA) is 36.9 Å². The lowest BCUT2D eigenvalue weighted by atomic mass is 9.96. The van der Waals surface area contributed by atoms with Gasteiger partial charge in [-0.3, -0.25) is 0 Å². The Morgan fingerprint density at radius 2 is 2.09 bits per heavy atom. The zero-order valence-corrected chi connectivity index (χ0v) is 15.0. The lowest BCUT2D eigenvalue weighted by Gasteiger charge is -2.26. The SMILES string of the molecule is CCNC(=NCc1ccccc1Cl)N(C)CCC1CCOCC1. The summed E-state index contributed by atoms with van der Waals surface area (Å²) in [7, 11) is 2.10. The maximum Gasteiger partial charge on any atom is 0.193 e. The molecule has 0 radical (unpaired) electrons.